The Balaban J connectivity index is 1.38. The maximum atomic E-state index is 13.0. The predicted molar refractivity (Wildman–Crippen MR) is 104 cm³/mol. The van der Waals surface area contributed by atoms with Crippen LogP contribution in [-0.4, -0.2) is 53.7 Å². The highest BCUT2D eigenvalue weighted by atomic mass is 16.4. The number of carboxylic acid groups (broad SMARTS) is 1. The molecule has 2 aliphatic carbocycles. The SMILES string of the molecule is CCN(CC(=O)O)C1CC(NC(=O)N2CC3(CCCC3)c3ccccc32)C1. The minimum absolute atomic E-state index is 0.00374. The average molecular weight is 371 g/mol. The van der Waals surface area contributed by atoms with Crippen LogP contribution in [0.2, 0.25) is 0 Å². The van der Waals surface area contributed by atoms with Gasteiger partial charge in [0.25, 0.3) is 0 Å². The Bertz CT molecular complexity index is 723. The standard InChI is InChI=1S/C21H29N3O3/c1-2-23(13-19(25)26)16-11-15(12-16)22-20(27)24-14-21(9-5-6-10-21)17-7-3-4-8-18(17)24/h3-4,7-8,15-16H,2,5-6,9-14H2,1H3,(H,22,27)(H,25,26). The number of aliphatic carboxylic acids is 1. The van der Waals surface area contributed by atoms with E-state index in [1.807, 2.05) is 22.8 Å². The number of carboxylic acids is 1. The van der Waals surface area contributed by atoms with Crippen LogP contribution in [0, 0.1) is 0 Å². The molecule has 1 spiro atoms. The molecule has 1 aromatic carbocycles. The summed E-state index contributed by atoms with van der Waals surface area (Å²) in [5.41, 5.74) is 2.55. The maximum absolute atomic E-state index is 13.0. The van der Waals surface area contributed by atoms with E-state index >= 15 is 0 Å². The van der Waals surface area contributed by atoms with Crippen molar-refractivity contribution < 1.29 is 14.7 Å². The molecule has 3 aliphatic rings. The van der Waals surface area contributed by atoms with Gasteiger partial charge in [0.1, 0.15) is 0 Å². The summed E-state index contributed by atoms with van der Waals surface area (Å²) in [6.07, 6.45) is 6.47. The van der Waals surface area contributed by atoms with Gasteiger partial charge in [-0.1, -0.05) is 38.0 Å². The van der Waals surface area contributed by atoms with E-state index in [4.69, 9.17) is 5.11 Å². The van der Waals surface area contributed by atoms with Crippen molar-refractivity contribution in [1.82, 2.24) is 10.2 Å². The lowest BCUT2D eigenvalue weighted by Gasteiger charge is -2.42. The smallest absolute Gasteiger partial charge is 0.322 e. The number of anilines is 1. The third-order valence-corrected chi connectivity index (χ3v) is 6.73. The third-order valence-electron chi connectivity index (χ3n) is 6.73. The summed E-state index contributed by atoms with van der Waals surface area (Å²) in [5.74, 6) is -0.792. The lowest BCUT2D eigenvalue weighted by Crippen LogP contribution is -2.57. The van der Waals surface area contributed by atoms with E-state index in [1.165, 1.54) is 31.2 Å². The molecule has 27 heavy (non-hydrogen) atoms. The number of carbonyl (C=O) groups excluding carboxylic acids is 1. The third kappa shape index (κ3) is 3.31. The molecular weight excluding hydrogens is 342 g/mol. The quantitative estimate of drug-likeness (QED) is 0.835. The number of benzene rings is 1. The molecule has 1 aromatic rings. The van der Waals surface area contributed by atoms with Crippen LogP contribution in [0.4, 0.5) is 10.5 Å². The van der Waals surface area contributed by atoms with E-state index in [0.717, 1.165) is 31.6 Å². The molecular formula is C21H29N3O3. The summed E-state index contributed by atoms with van der Waals surface area (Å²) in [6, 6.07) is 8.74. The zero-order valence-corrected chi connectivity index (χ0v) is 16.0. The van der Waals surface area contributed by atoms with E-state index < -0.39 is 5.97 Å². The predicted octanol–water partition coefficient (Wildman–Crippen LogP) is 2.97. The highest BCUT2D eigenvalue weighted by Crippen LogP contribution is 2.50. The lowest BCUT2D eigenvalue weighted by molar-refractivity contribution is -0.139. The molecule has 2 saturated carbocycles. The molecule has 0 saturated heterocycles. The van der Waals surface area contributed by atoms with Crippen molar-refractivity contribution in [3.63, 3.8) is 0 Å². The zero-order valence-electron chi connectivity index (χ0n) is 16.0. The summed E-state index contributed by atoms with van der Waals surface area (Å²) in [7, 11) is 0. The Morgan fingerprint density at radius 1 is 1.26 bits per heavy atom. The first-order valence-corrected chi connectivity index (χ1v) is 10.2. The van der Waals surface area contributed by atoms with E-state index in [2.05, 4.69) is 23.5 Å². The number of hydrogen-bond donors (Lipinski definition) is 2. The van der Waals surface area contributed by atoms with Crippen LogP contribution in [0.3, 0.4) is 0 Å². The largest absolute Gasteiger partial charge is 0.480 e. The van der Waals surface area contributed by atoms with Crippen molar-refractivity contribution in [3.8, 4) is 0 Å². The number of rotatable bonds is 5. The number of nitrogens with zero attached hydrogens (tertiary/aromatic N) is 2. The van der Waals surface area contributed by atoms with Crippen molar-refractivity contribution in [2.75, 3.05) is 24.5 Å². The Morgan fingerprint density at radius 3 is 2.63 bits per heavy atom. The fourth-order valence-corrected chi connectivity index (χ4v) is 5.22. The van der Waals surface area contributed by atoms with Gasteiger partial charge < -0.3 is 10.4 Å². The lowest BCUT2D eigenvalue weighted by atomic mass is 9.81. The van der Waals surface area contributed by atoms with Crippen molar-refractivity contribution in [2.45, 2.75) is 62.9 Å². The second kappa shape index (κ2) is 7.15. The second-order valence-corrected chi connectivity index (χ2v) is 8.32. The normalized spacial score (nSPS) is 25.5. The molecule has 6 nitrogen and oxygen atoms in total. The number of amides is 2. The number of likely N-dealkylation sites (N-methyl/N-ethyl adjacent to an activating group) is 1. The summed E-state index contributed by atoms with van der Waals surface area (Å²) in [6.45, 7) is 3.56. The average Bonchev–Trinajstić information content (AvgIpc) is 3.22. The van der Waals surface area contributed by atoms with E-state index in [1.54, 1.807) is 0 Å². The van der Waals surface area contributed by atoms with Crippen LogP contribution in [0.15, 0.2) is 24.3 Å². The van der Waals surface area contributed by atoms with Crippen LogP contribution in [0.25, 0.3) is 0 Å². The molecule has 0 unspecified atom stereocenters. The minimum atomic E-state index is -0.792. The van der Waals surface area contributed by atoms with Crippen LogP contribution in [0.1, 0.15) is 51.0 Å². The molecule has 2 fully saturated rings. The van der Waals surface area contributed by atoms with Gasteiger partial charge in [-0.05, 0) is 43.9 Å². The van der Waals surface area contributed by atoms with E-state index in [9.17, 15) is 9.59 Å². The van der Waals surface area contributed by atoms with Crippen LogP contribution in [-0.2, 0) is 10.2 Å². The van der Waals surface area contributed by atoms with Gasteiger partial charge in [-0.3, -0.25) is 14.6 Å². The molecule has 0 aromatic heterocycles. The Kier molecular flexibility index (Phi) is 4.84. The number of urea groups is 1. The summed E-state index contributed by atoms with van der Waals surface area (Å²) in [5, 5.41) is 12.2. The van der Waals surface area contributed by atoms with E-state index in [-0.39, 0.29) is 30.1 Å². The molecule has 146 valence electrons. The van der Waals surface area contributed by atoms with Crippen molar-refractivity contribution in [3.05, 3.63) is 29.8 Å². The molecule has 2 N–H and O–H groups in total. The Morgan fingerprint density at radius 2 is 1.96 bits per heavy atom. The highest BCUT2D eigenvalue weighted by molar-refractivity contribution is 5.95. The first-order chi connectivity index (χ1) is 13.0. The molecule has 0 bridgehead atoms. The van der Waals surface area contributed by atoms with E-state index in [0.29, 0.717) is 0 Å². The van der Waals surface area contributed by atoms with Crippen LogP contribution >= 0.6 is 0 Å². The molecule has 0 atom stereocenters. The monoisotopic (exact) mass is 371 g/mol. The summed E-state index contributed by atoms with van der Waals surface area (Å²) >= 11 is 0. The topological polar surface area (TPSA) is 72.9 Å². The first-order valence-electron chi connectivity index (χ1n) is 10.2. The highest BCUT2D eigenvalue weighted by Gasteiger charge is 2.46. The molecule has 1 heterocycles. The van der Waals surface area contributed by atoms with Crippen molar-refractivity contribution >= 4 is 17.7 Å². The molecule has 1 aliphatic heterocycles. The molecule has 2 amide bonds. The number of nitrogens with one attached hydrogen (secondary N) is 1. The minimum Gasteiger partial charge on any atom is -0.480 e. The number of para-hydroxylation sites is 1. The van der Waals surface area contributed by atoms with Crippen LogP contribution in [0.5, 0.6) is 0 Å². The Labute approximate surface area is 160 Å². The zero-order chi connectivity index (χ0) is 19.0. The van der Waals surface area contributed by atoms with Crippen molar-refractivity contribution in [1.29, 1.82) is 0 Å². The number of hydrogen-bond acceptors (Lipinski definition) is 3. The van der Waals surface area contributed by atoms with Gasteiger partial charge in [-0.2, -0.15) is 0 Å². The van der Waals surface area contributed by atoms with Crippen LogP contribution < -0.4 is 10.2 Å². The second-order valence-electron chi connectivity index (χ2n) is 8.32. The molecule has 4 rings (SSSR count). The fourth-order valence-electron chi connectivity index (χ4n) is 5.22. The van der Waals surface area contributed by atoms with Gasteiger partial charge >= 0.3 is 12.0 Å². The summed E-state index contributed by atoms with van der Waals surface area (Å²) in [4.78, 5) is 27.9. The van der Waals surface area contributed by atoms with Gasteiger partial charge in [-0.25, -0.2) is 4.79 Å². The van der Waals surface area contributed by atoms with Gasteiger partial charge in [0.05, 0.1) is 6.54 Å². The van der Waals surface area contributed by atoms with Gasteiger partial charge in [0.15, 0.2) is 0 Å². The molecule has 0 radical (unpaired) electrons. The van der Waals surface area contributed by atoms with Gasteiger partial charge in [-0.15, -0.1) is 0 Å². The number of carbonyl (C=O) groups is 2. The first kappa shape index (κ1) is 18.3. The summed E-state index contributed by atoms with van der Waals surface area (Å²) < 4.78 is 0. The maximum Gasteiger partial charge on any atom is 0.322 e. The number of fused-ring (bicyclic) bond motifs is 2. The Hall–Kier alpha value is -2.08. The fraction of sp³-hybridized carbons (Fsp3) is 0.619. The van der Waals surface area contributed by atoms with Gasteiger partial charge in [0.2, 0.25) is 0 Å². The molecule has 6 heteroatoms. The van der Waals surface area contributed by atoms with Crippen molar-refractivity contribution in [2.24, 2.45) is 0 Å². The van der Waals surface area contributed by atoms with Gasteiger partial charge in [0, 0.05) is 29.7 Å².